The molecule has 0 bridgehead atoms. The first-order valence-corrected chi connectivity index (χ1v) is 9.96. The third-order valence-electron chi connectivity index (χ3n) is 4.30. The number of nitrogens with one attached hydrogen (secondary N) is 1. The van der Waals surface area contributed by atoms with E-state index in [-0.39, 0.29) is 11.8 Å². The largest absolute Gasteiger partial charge is 0.420 e. The van der Waals surface area contributed by atoms with Gasteiger partial charge in [-0.2, -0.15) is 16.6 Å². The van der Waals surface area contributed by atoms with E-state index in [0.717, 1.165) is 16.8 Å². The Kier molecular flexibility index (Phi) is 4.45. The Morgan fingerprint density at radius 3 is 2.85 bits per heavy atom. The number of aromatic amines is 1. The van der Waals surface area contributed by atoms with Gasteiger partial charge in [0, 0.05) is 10.6 Å². The van der Waals surface area contributed by atoms with Gasteiger partial charge >= 0.3 is 0 Å². The monoisotopic (exact) mass is 380 g/mol. The molecule has 0 saturated carbocycles. The Morgan fingerprint density at radius 1 is 1.35 bits per heavy atom. The van der Waals surface area contributed by atoms with Gasteiger partial charge in [0.15, 0.2) is 0 Å². The highest BCUT2D eigenvalue weighted by Gasteiger charge is 2.35. The van der Waals surface area contributed by atoms with Crippen molar-refractivity contribution in [2.75, 3.05) is 0 Å². The molecule has 4 rings (SSSR count). The third kappa shape index (κ3) is 2.98. The molecule has 3 aromatic rings. The van der Waals surface area contributed by atoms with E-state index in [0.29, 0.717) is 17.2 Å². The molecule has 3 heterocycles. The average Bonchev–Trinajstić information content (AvgIpc) is 3.30. The third-order valence-corrected chi connectivity index (χ3v) is 6.04. The molecule has 0 aliphatic carbocycles. The summed E-state index contributed by atoms with van der Waals surface area (Å²) >= 11 is 3.31. The molecule has 130 valence electrons. The summed E-state index contributed by atoms with van der Waals surface area (Å²) in [6.45, 7) is 2.07. The number of nitriles is 1. The lowest BCUT2D eigenvalue weighted by molar-refractivity contribution is 0.379. The summed E-state index contributed by atoms with van der Waals surface area (Å²) in [6.07, 6.45) is 0. The molecule has 0 radical (unpaired) electrons. The Labute approximate surface area is 159 Å². The molecular formula is C19H16N4OS2. The number of benzene rings is 1. The van der Waals surface area contributed by atoms with Gasteiger partial charge in [0.05, 0.1) is 17.2 Å². The van der Waals surface area contributed by atoms with Crippen LogP contribution in [0.15, 0.2) is 57.4 Å². The number of rotatable bonds is 4. The fraction of sp³-hybridized carbons (Fsp3) is 0.158. The maximum Gasteiger partial charge on any atom is 0.244 e. The quantitative estimate of drug-likeness (QED) is 0.659. The number of H-pyrrole nitrogens is 1. The molecule has 0 amide bonds. The normalized spacial score (nSPS) is 16.1. The second-order valence-corrected chi connectivity index (χ2v) is 7.83. The van der Waals surface area contributed by atoms with Crippen molar-refractivity contribution in [2.24, 2.45) is 5.73 Å². The minimum Gasteiger partial charge on any atom is -0.420 e. The van der Waals surface area contributed by atoms with Gasteiger partial charge in [0.1, 0.15) is 11.6 Å². The smallest absolute Gasteiger partial charge is 0.244 e. The number of ether oxygens (including phenoxy) is 1. The van der Waals surface area contributed by atoms with E-state index < -0.39 is 0 Å². The summed E-state index contributed by atoms with van der Waals surface area (Å²) in [5.74, 6) is 1.04. The van der Waals surface area contributed by atoms with Crippen molar-refractivity contribution in [3.05, 3.63) is 74.9 Å². The molecule has 0 fully saturated rings. The first kappa shape index (κ1) is 16.8. The Hall–Kier alpha value is -2.69. The Balaban J connectivity index is 1.69. The summed E-state index contributed by atoms with van der Waals surface area (Å²) in [5, 5.41) is 21.0. The van der Waals surface area contributed by atoms with Crippen LogP contribution in [0.5, 0.6) is 5.88 Å². The van der Waals surface area contributed by atoms with Crippen LogP contribution in [0.1, 0.15) is 28.3 Å². The Bertz CT molecular complexity index is 997. The number of hydrogen-bond acceptors (Lipinski definition) is 6. The molecule has 7 heteroatoms. The van der Waals surface area contributed by atoms with Gasteiger partial charge in [0.25, 0.3) is 0 Å². The number of thiophene rings is 1. The van der Waals surface area contributed by atoms with Gasteiger partial charge in [-0.05, 0) is 41.4 Å². The SMILES string of the molecule is Cc1ccc(SCc2[nH]nc3c2[C@H](c2ccsc2)C(C#N)=C(N)O3)cc1. The average molecular weight is 380 g/mol. The molecule has 0 spiro atoms. The Morgan fingerprint density at radius 2 is 2.15 bits per heavy atom. The zero-order chi connectivity index (χ0) is 18.1. The summed E-state index contributed by atoms with van der Waals surface area (Å²) in [7, 11) is 0. The van der Waals surface area contributed by atoms with Crippen molar-refractivity contribution >= 4 is 23.1 Å². The van der Waals surface area contributed by atoms with Crippen LogP contribution in [0.4, 0.5) is 0 Å². The molecular weight excluding hydrogens is 364 g/mol. The van der Waals surface area contributed by atoms with Crippen LogP contribution in [0.25, 0.3) is 0 Å². The number of allylic oxidation sites excluding steroid dienone is 1. The molecule has 1 atom stereocenters. The van der Waals surface area contributed by atoms with E-state index in [1.54, 1.807) is 23.1 Å². The van der Waals surface area contributed by atoms with Gasteiger partial charge in [0.2, 0.25) is 11.8 Å². The van der Waals surface area contributed by atoms with Crippen LogP contribution in [-0.2, 0) is 5.75 Å². The number of nitrogens with zero attached hydrogens (tertiary/aromatic N) is 2. The predicted molar refractivity (Wildman–Crippen MR) is 103 cm³/mol. The van der Waals surface area contributed by atoms with Crippen molar-refractivity contribution < 1.29 is 4.74 Å². The zero-order valence-electron chi connectivity index (χ0n) is 14.0. The van der Waals surface area contributed by atoms with Crippen LogP contribution in [0.2, 0.25) is 0 Å². The highest BCUT2D eigenvalue weighted by molar-refractivity contribution is 7.98. The van der Waals surface area contributed by atoms with Crippen LogP contribution in [0.3, 0.4) is 0 Å². The van der Waals surface area contributed by atoms with E-state index in [1.807, 2.05) is 16.8 Å². The van der Waals surface area contributed by atoms with Crippen LogP contribution < -0.4 is 10.5 Å². The summed E-state index contributed by atoms with van der Waals surface area (Å²) in [6, 6.07) is 12.6. The second kappa shape index (κ2) is 6.90. The standard InChI is InChI=1S/C19H16N4OS2/c1-11-2-4-13(5-3-11)26-10-15-17-16(12-6-7-25-9-12)14(8-20)18(21)24-19(17)23-22-15/h2-7,9,16H,10,21H2,1H3,(H,22,23)/t16-/m1/s1. The fourth-order valence-corrected chi connectivity index (χ4v) is 4.53. The fourth-order valence-electron chi connectivity index (χ4n) is 2.98. The number of nitrogens with two attached hydrogens (primary N) is 1. The van der Waals surface area contributed by atoms with Crippen molar-refractivity contribution in [1.82, 2.24) is 10.2 Å². The van der Waals surface area contributed by atoms with Crippen molar-refractivity contribution in [3.63, 3.8) is 0 Å². The number of aryl methyl sites for hydroxylation is 1. The lowest BCUT2D eigenvalue weighted by Gasteiger charge is -2.23. The van der Waals surface area contributed by atoms with Crippen LogP contribution in [0, 0.1) is 18.3 Å². The maximum atomic E-state index is 9.62. The van der Waals surface area contributed by atoms with Gasteiger partial charge in [-0.3, -0.25) is 5.10 Å². The first-order chi connectivity index (χ1) is 12.7. The van der Waals surface area contributed by atoms with E-state index >= 15 is 0 Å². The molecule has 1 aliphatic rings. The molecule has 5 nitrogen and oxygen atoms in total. The molecule has 0 unspecified atom stereocenters. The molecule has 26 heavy (non-hydrogen) atoms. The van der Waals surface area contributed by atoms with Crippen molar-refractivity contribution in [2.45, 2.75) is 23.5 Å². The van der Waals surface area contributed by atoms with Crippen LogP contribution >= 0.6 is 23.1 Å². The van der Waals surface area contributed by atoms with Gasteiger partial charge < -0.3 is 10.5 Å². The summed E-state index contributed by atoms with van der Waals surface area (Å²) in [5.41, 5.74) is 10.5. The number of hydrogen-bond donors (Lipinski definition) is 2. The molecule has 1 aliphatic heterocycles. The number of fused-ring (bicyclic) bond motifs is 1. The van der Waals surface area contributed by atoms with E-state index in [1.165, 1.54) is 10.5 Å². The van der Waals surface area contributed by atoms with E-state index in [2.05, 4.69) is 47.5 Å². The lowest BCUT2D eigenvalue weighted by atomic mass is 9.86. The van der Waals surface area contributed by atoms with Crippen LogP contribution in [-0.4, -0.2) is 10.2 Å². The summed E-state index contributed by atoms with van der Waals surface area (Å²) in [4.78, 5) is 1.18. The zero-order valence-corrected chi connectivity index (χ0v) is 15.7. The van der Waals surface area contributed by atoms with Gasteiger partial charge in [-0.25, -0.2) is 0 Å². The predicted octanol–water partition coefficient (Wildman–Crippen LogP) is 4.29. The minimum absolute atomic E-state index is 0.125. The number of thioether (sulfide) groups is 1. The topological polar surface area (TPSA) is 87.7 Å². The lowest BCUT2D eigenvalue weighted by Crippen LogP contribution is -2.21. The molecule has 0 saturated heterocycles. The van der Waals surface area contributed by atoms with Gasteiger partial charge in [-0.15, -0.1) is 16.9 Å². The minimum atomic E-state index is -0.248. The van der Waals surface area contributed by atoms with E-state index in [9.17, 15) is 5.26 Å². The van der Waals surface area contributed by atoms with Gasteiger partial charge in [-0.1, -0.05) is 17.7 Å². The van der Waals surface area contributed by atoms with Crippen molar-refractivity contribution in [1.29, 1.82) is 5.26 Å². The molecule has 1 aromatic carbocycles. The number of aromatic nitrogens is 2. The summed E-state index contributed by atoms with van der Waals surface area (Å²) < 4.78 is 5.60. The molecule has 3 N–H and O–H groups in total. The molecule has 2 aromatic heterocycles. The maximum absolute atomic E-state index is 9.62. The van der Waals surface area contributed by atoms with Crippen molar-refractivity contribution in [3.8, 4) is 11.9 Å². The highest BCUT2D eigenvalue weighted by atomic mass is 32.2. The first-order valence-electron chi connectivity index (χ1n) is 8.03. The second-order valence-electron chi connectivity index (χ2n) is 6.00. The highest BCUT2D eigenvalue weighted by Crippen LogP contribution is 2.44. The van der Waals surface area contributed by atoms with E-state index in [4.69, 9.17) is 10.5 Å².